The van der Waals surface area contributed by atoms with Gasteiger partial charge in [0.05, 0.1) is 18.6 Å². The third-order valence-corrected chi connectivity index (χ3v) is 6.87. The second-order valence-electron chi connectivity index (χ2n) is 8.74. The van der Waals surface area contributed by atoms with Crippen LogP contribution in [0.15, 0.2) is 30.3 Å². The minimum absolute atomic E-state index is 0.0956. The smallest absolute Gasteiger partial charge is 0.338 e. The van der Waals surface area contributed by atoms with Crippen LogP contribution in [0, 0.1) is 12.4 Å². The number of amides is 1. The Morgan fingerprint density at radius 1 is 1.19 bits per heavy atom. The quantitative estimate of drug-likeness (QED) is 0.547. The molecular weight excluding hydrogens is 409 g/mol. The first-order valence-electron chi connectivity index (χ1n) is 11.0. The Morgan fingerprint density at radius 3 is 2.78 bits per heavy atom. The molecule has 2 heterocycles. The number of esters is 1. The number of hydrogen-bond donors (Lipinski definition) is 0. The van der Waals surface area contributed by atoms with E-state index in [9.17, 15) is 14.0 Å². The molecule has 1 aliphatic carbocycles. The van der Waals surface area contributed by atoms with Crippen molar-refractivity contribution in [1.82, 2.24) is 9.80 Å². The van der Waals surface area contributed by atoms with Gasteiger partial charge >= 0.3 is 5.97 Å². The molecule has 1 fully saturated rings. The summed E-state index contributed by atoms with van der Waals surface area (Å²) in [4.78, 5) is 32.0. The molecule has 2 aromatic rings. The fraction of sp³-hybridized carbons (Fsp3) is 0.400. The Kier molecular flexibility index (Phi) is 5.40. The average Bonchev–Trinajstić information content (AvgIpc) is 3.37. The Morgan fingerprint density at radius 2 is 2.00 bits per heavy atom. The molecule has 7 heteroatoms. The summed E-state index contributed by atoms with van der Waals surface area (Å²) in [6.45, 7) is 11.4. The van der Waals surface area contributed by atoms with Gasteiger partial charge in [-0.3, -0.25) is 9.69 Å². The molecule has 1 amide bonds. The van der Waals surface area contributed by atoms with Crippen molar-refractivity contribution in [2.24, 2.45) is 0 Å². The monoisotopic (exact) mass is 433 g/mol. The maximum Gasteiger partial charge on any atom is 0.338 e. The van der Waals surface area contributed by atoms with Gasteiger partial charge in [-0.05, 0) is 42.0 Å². The van der Waals surface area contributed by atoms with Crippen LogP contribution in [0.3, 0.4) is 0 Å². The zero-order chi connectivity index (χ0) is 22.2. The van der Waals surface area contributed by atoms with Crippen LogP contribution >= 0.6 is 0 Å². The number of ether oxygens (including phenoxy) is 1. The lowest BCUT2D eigenvalue weighted by Crippen LogP contribution is -2.49. The Bertz CT molecular complexity index is 1130. The minimum atomic E-state index is -0.422. The average molecular weight is 433 g/mol. The van der Waals surface area contributed by atoms with Crippen molar-refractivity contribution in [1.29, 1.82) is 0 Å². The molecule has 2 aromatic carbocycles. The molecule has 1 atom stereocenters. The third kappa shape index (κ3) is 3.76. The fourth-order valence-corrected chi connectivity index (χ4v) is 5.13. The zero-order valence-electron chi connectivity index (χ0n) is 17.8. The van der Waals surface area contributed by atoms with Gasteiger partial charge in [0.1, 0.15) is 12.4 Å². The van der Waals surface area contributed by atoms with Crippen LogP contribution < -0.4 is 0 Å². The first-order valence-corrected chi connectivity index (χ1v) is 11.0. The van der Waals surface area contributed by atoms with Crippen LogP contribution in [0.5, 0.6) is 0 Å². The molecule has 0 bridgehead atoms. The molecule has 3 aliphatic rings. The highest BCUT2D eigenvalue weighted by molar-refractivity contribution is 5.93. The number of hydrogen-bond acceptors (Lipinski definition) is 4. The predicted molar refractivity (Wildman–Crippen MR) is 116 cm³/mol. The highest BCUT2D eigenvalue weighted by Crippen LogP contribution is 2.40. The summed E-state index contributed by atoms with van der Waals surface area (Å²) < 4.78 is 18.9. The van der Waals surface area contributed by atoms with Crippen molar-refractivity contribution in [3.05, 3.63) is 75.4 Å². The van der Waals surface area contributed by atoms with Gasteiger partial charge in [-0.15, -0.1) is 0 Å². The lowest BCUT2D eigenvalue weighted by molar-refractivity contribution is -0.132. The first-order chi connectivity index (χ1) is 15.5. The molecule has 5 rings (SSSR count). The van der Waals surface area contributed by atoms with Crippen LogP contribution in [0.4, 0.5) is 10.1 Å². The molecule has 1 saturated heterocycles. The van der Waals surface area contributed by atoms with E-state index < -0.39 is 5.82 Å². The van der Waals surface area contributed by atoms with E-state index in [1.807, 2.05) is 23.1 Å². The molecule has 0 spiro atoms. The van der Waals surface area contributed by atoms with E-state index in [4.69, 9.17) is 11.3 Å². The second-order valence-corrected chi connectivity index (χ2v) is 8.74. The van der Waals surface area contributed by atoms with Gasteiger partial charge in [0, 0.05) is 38.3 Å². The highest BCUT2D eigenvalue weighted by atomic mass is 19.1. The molecule has 6 nitrogen and oxygen atoms in total. The largest absolute Gasteiger partial charge is 0.457 e. The number of benzene rings is 2. The number of carbonyl (C=O) groups is 2. The lowest BCUT2D eigenvalue weighted by Gasteiger charge is -2.36. The fourth-order valence-electron chi connectivity index (χ4n) is 5.13. The van der Waals surface area contributed by atoms with Crippen LogP contribution in [0.2, 0.25) is 0 Å². The molecule has 164 valence electrons. The molecular formula is C25H24FN3O3. The summed E-state index contributed by atoms with van der Waals surface area (Å²) in [5, 5.41) is 0. The summed E-state index contributed by atoms with van der Waals surface area (Å²) in [5.41, 5.74) is 4.51. The van der Waals surface area contributed by atoms with Crippen LogP contribution in [-0.2, 0) is 29.0 Å². The van der Waals surface area contributed by atoms with Crippen LogP contribution in [-0.4, -0.2) is 54.4 Å². The number of nitrogens with zero attached hydrogens (tertiary/aromatic N) is 3. The predicted octanol–water partition coefficient (Wildman–Crippen LogP) is 3.46. The normalized spacial score (nSPS) is 19.9. The van der Waals surface area contributed by atoms with E-state index in [-0.39, 0.29) is 24.2 Å². The summed E-state index contributed by atoms with van der Waals surface area (Å²) in [6, 6.07) is 8.73. The summed E-state index contributed by atoms with van der Waals surface area (Å²) in [7, 11) is 0. The molecule has 0 radical (unpaired) electrons. The van der Waals surface area contributed by atoms with E-state index in [2.05, 4.69) is 9.74 Å². The van der Waals surface area contributed by atoms with E-state index in [1.54, 1.807) is 6.07 Å². The van der Waals surface area contributed by atoms with Gasteiger partial charge in [-0.2, -0.15) is 0 Å². The molecule has 1 unspecified atom stereocenters. The summed E-state index contributed by atoms with van der Waals surface area (Å²) in [6.07, 6.45) is 2.01. The third-order valence-electron chi connectivity index (χ3n) is 6.87. The maximum absolute atomic E-state index is 13.9. The Labute approximate surface area is 186 Å². The number of fused-ring (bicyclic) bond motifs is 2. The van der Waals surface area contributed by atoms with Gasteiger partial charge < -0.3 is 9.64 Å². The van der Waals surface area contributed by atoms with Gasteiger partial charge in [-0.1, -0.05) is 23.8 Å². The van der Waals surface area contributed by atoms with Crippen molar-refractivity contribution in [3.8, 4) is 0 Å². The topological polar surface area (TPSA) is 54.2 Å². The molecule has 2 aliphatic heterocycles. The first kappa shape index (κ1) is 20.7. The van der Waals surface area contributed by atoms with Crippen molar-refractivity contribution in [2.75, 3.05) is 32.7 Å². The van der Waals surface area contributed by atoms with Crippen molar-refractivity contribution in [2.45, 2.75) is 31.8 Å². The number of cyclic esters (lactones) is 1. The van der Waals surface area contributed by atoms with E-state index in [0.717, 1.165) is 54.7 Å². The van der Waals surface area contributed by atoms with E-state index in [1.165, 1.54) is 6.07 Å². The zero-order valence-corrected chi connectivity index (χ0v) is 17.8. The number of piperazine rings is 1. The van der Waals surface area contributed by atoms with Crippen molar-refractivity contribution >= 4 is 17.6 Å². The second kappa shape index (κ2) is 8.36. The minimum Gasteiger partial charge on any atom is -0.457 e. The molecule has 0 aromatic heterocycles. The van der Waals surface area contributed by atoms with Crippen molar-refractivity contribution < 1.29 is 18.7 Å². The summed E-state index contributed by atoms with van der Waals surface area (Å²) >= 11 is 0. The van der Waals surface area contributed by atoms with Gasteiger partial charge in [-0.25, -0.2) is 14.0 Å². The van der Waals surface area contributed by atoms with Gasteiger partial charge in [0.25, 0.3) is 0 Å². The summed E-state index contributed by atoms with van der Waals surface area (Å²) in [5.74, 6) is -0.314. The van der Waals surface area contributed by atoms with Gasteiger partial charge in [0.2, 0.25) is 11.6 Å². The number of halogens is 1. The van der Waals surface area contributed by atoms with Gasteiger partial charge in [0.15, 0.2) is 0 Å². The molecule has 0 N–H and O–H groups in total. The highest BCUT2D eigenvalue weighted by Gasteiger charge is 2.30. The Balaban J connectivity index is 1.16. The number of carbonyl (C=O) groups excluding carboxylic acids is 2. The van der Waals surface area contributed by atoms with E-state index in [0.29, 0.717) is 31.0 Å². The van der Waals surface area contributed by atoms with Crippen LogP contribution in [0.25, 0.3) is 4.85 Å². The maximum atomic E-state index is 13.9. The van der Waals surface area contributed by atoms with Crippen molar-refractivity contribution in [3.63, 3.8) is 0 Å². The van der Waals surface area contributed by atoms with E-state index >= 15 is 0 Å². The Hall–Kier alpha value is -3.24. The lowest BCUT2D eigenvalue weighted by atomic mass is 9.99. The SMILES string of the molecule is [C-]#[N+]c1c(F)ccc2c1CCC2CN1CCN(C(=O)Cc2ccc3c(c2)COC3=O)CC1. The molecule has 32 heavy (non-hydrogen) atoms. The number of rotatable bonds is 4. The van der Waals surface area contributed by atoms with Crippen LogP contribution in [0.1, 0.15) is 45.0 Å². The standard InChI is InChI=1S/C25H24FN3O3/c1-27-24-21-5-3-17(19(21)6-7-22(24)26)14-28-8-10-29(11-9-28)23(30)13-16-2-4-20-18(12-16)15-32-25(20)31/h2,4,6-7,12,17H,3,5,8-11,13-15H2. The molecule has 0 saturated carbocycles.